The van der Waals surface area contributed by atoms with Gasteiger partial charge in [0.15, 0.2) is 5.60 Å². The van der Waals surface area contributed by atoms with Gasteiger partial charge in [-0.2, -0.15) is 5.10 Å². The van der Waals surface area contributed by atoms with Crippen LogP contribution in [-0.2, 0) is 16.1 Å². The quantitative estimate of drug-likeness (QED) is 0.895. The molecule has 1 aliphatic heterocycles. The summed E-state index contributed by atoms with van der Waals surface area (Å²) in [4.78, 5) is 15.4. The van der Waals surface area contributed by atoms with Crippen molar-refractivity contribution in [2.75, 3.05) is 26.7 Å². The van der Waals surface area contributed by atoms with E-state index in [0.29, 0.717) is 13.2 Å². The van der Waals surface area contributed by atoms with Gasteiger partial charge in [0.25, 0.3) is 5.91 Å². The molecule has 1 amide bonds. The van der Waals surface area contributed by atoms with Crippen molar-refractivity contribution in [3.8, 4) is 10.6 Å². The number of aromatic amines is 1. The first-order valence-corrected chi connectivity index (χ1v) is 8.15. The van der Waals surface area contributed by atoms with E-state index in [0.717, 1.165) is 24.3 Å². The van der Waals surface area contributed by atoms with Gasteiger partial charge in [-0.15, -0.1) is 11.3 Å². The molecule has 7 heteroatoms. The molecule has 3 heterocycles. The number of carbonyl (C=O) groups is 1. The third-order valence-corrected chi connectivity index (χ3v) is 4.83. The molecule has 22 heavy (non-hydrogen) atoms. The van der Waals surface area contributed by atoms with Crippen LogP contribution in [0.4, 0.5) is 0 Å². The molecule has 0 saturated carbocycles. The fraction of sp³-hybridized carbons (Fsp3) is 0.467. The molecule has 3 rings (SSSR count). The van der Waals surface area contributed by atoms with Crippen LogP contribution in [0.2, 0.25) is 0 Å². The molecule has 0 bridgehead atoms. The van der Waals surface area contributed by atoms with Gasteiger partial charge in [-0.1, -0.05) is 6.07 Å². The van der Waals surface area contributed by atoms with E-state index in [-0.39, 0.29) is 5.91 Å². The van der Waals surface area contributed by atoms with E-state index in [1.54, 1.807) is 18.4 Å². The van der Waals surface area contributed by atoms with Gasteiger partial charge in [0.2, 0.25) is 0 Å². The predicted molar refractivity (Wildman–Crippen MR) is 85.6 cm³/mol. The zero-order chi connectivity index (χ0) is 15.6. The van der Waals surface area contributed by atoms with E-state index in [4.69, 9.17) is 4.74 Å². The number of hydrogen-bond donors (Lipinski definition) is 2. The van der Waals surface area contributed by atoms with Crippen molar-refractivity contribution in [2.24, 2.45) is 0 Å². The van der Waals surface area contributed by atoms with Crippen molar-refractivity contribution >= 4 is 17.2 Å². The van der Waals surface area contributed by atoms with Crippen LogP contribution in [0.5, 0.6) is 0 Å². The number of hydrogen-bond acceptors (Lipinski definition) is 5. The monoisotopic (exact) mass is 320 g/mol. The SMILES string of the molecule is CNC(=O)[C@]1(C)CN(Cc2cn[nH]c2-c2cccs2)CCO1. The Labute approximate surface area is 133 Å². The van der Waals surface area contributed by atoms with Gasteiger partial charge in [0, 0.05) is 32.2 Å². The summed E-state index contributed by atoms with van der Waals surface area (Å²) >= 11 is 1.69. The molecule has 2 aromatic rings. The van der Waals surface area contributed by atoms with Crippen molar-refractivity contribution in [3.63, 3.8) is 0 Å². The van der Waals surface area contributed by atoms with E-state index in [2.05, 4.69) is 31.9 Å². The summed E-state index contributed by atoms with van der Waals surface area (Å²) in [6, 6.07) is 4.11. The number of nitrogens with zero attached hydrogens (tertiary/aromatic N) is 2. The topological polar surface area (TPSA) is 70.2 Å². The van der Waals surface area contributed by atoms with Crippen LogP contribution < -0.4 is 5.32 Å². The lowest BCUT2D eigenvalue weighted by Crippen LogP contribution is -2.57. The maximum absolute atomic E-state index is 12.0. The van der Waals surface area contributed by atoms with Crippen LogP contribution in [-0.4, -0.2) is 53.3 Å². The molecule has 0 radical (unpaired) electrons. The molecule has 0 aliphatic carbocycles. The second-order valence-corrected chi connectivity index (χ2v) is 6.56. The molecule has 1 aliphatic rings. The molecular weight excluding hydrogens is 300 g/mol. The third kappa shape index (κ3) is 2.92. The molecular formula is C15H20N4O2S. The van der Waals surface area contributed by atoms with Crippen LogP contribution in [0.25, 0.3) is 10.6 Å². The Bertz CT molecular complexity index is 640. The number of H-pyrrole nitrogens is 1. The maximum Gasteiger partial charge on any atom is 0.253 e. The average molecular weight is 320 g/mol. The van der Waals surface area contributed by atoms with Gasteiger partial charge >= 0.3 is 0 Å². The number of nitrogens with one attached hydrogen (secondary N) is 2. The third-order valence-electron chi connectivity index (χ3n) is 3.94. The Morgan fingerprint density at radius 1 is 1.64 bits per heavy atom. The number of rotatable bonds is 4. The zero-order valence-electron chi connectivity index (χ0n) is 12.8. The van der Waals surface area contributed by atoms with E-state index < -0.39 is 5.60 Å². The van der Waals surface area contributed by atoms with Crippen LogP contribution in [0.15, 0.2) is 23.7 Å². The molecule has 0 spiro atoms. The van der Waals surface area contributed by atoms with Crippen molar-refractivity contribution < 1.29 is 9.53 Å². The number of likely N-dealkylation sites (N-methyl/N-ethyl adjacent to an activating group) is 1. The molecule has 2 N–H and O–H groups in total. The summed E-state index contributed by atoms with van der Waals surface area (Å²) in [6.45, 7) is 4.52. The Morgan fingerprint density at radius 3 is 3.23 bits per heavy atom. The van der Waals surface area contributed by atoms with Crippen molar-refractivity contribution in [3.05, 3.63) is 29.3 Å². The summed E-state index contributed by atoms with van der Waals surface area (Å²) < 4.78 is 5.69. The minimum Gasteiger partial charge on any atom is -0.363 e. The molecule has 0 aromatic carbocycles. The molecule has 0 unspecified atom stereocenters. The largest absolute Gasteiger partial charge is 0.363 e. The van der Waals surface area contributed by atoms with Crippen molar-refractivity contribution in [1.82, 2.24) is 20.4 Å². The van der Waals surface area contributed by atoms with E-state index in [9.17, 15) is 4.79 Å². The molecule has 1 atom stereocenters. The Balaban J connectivity index is 1.74. The summed E-state index contributed by atoms with van der Waals surface area (Å²) in [6.07, 6.45) is 1.86. The van der Waals surface area contributed by atoms with Crippen molar-refractivity contribution in [1.29, 1.82) is 0 Å². The minimum absolute atomic E-state index is 0.0807. The van der Waals surface area contributed by atoms with E-state index in [1.165, 1.54) is 4.88 Å². The number of thiophene rings is 1. The fourth-order valence-electron chi connectivity index (χ4n) is 2.79. The molecule has 1 saturated heterocycles. The Hall–Kier alpha value is -1.70. The second kappa shape index (κ2) is 6.20. The van der Waals surface area contributed by atoms with Gasteiger partial charge in [-0.3, -0.25) is 14.8 Å². The highest BCUT2D eigenvalue weighted by Gasteiger charge is 2.38. The standard InChI is InChI=1S/C15H20N4O2S/c1-15(14(20)16-2)10-19(5-6-21-15)9-11-8-17-18-13(11)12-4-3-7-22-12/h3-4,7-8H,5-6,9-10H2,1-2H3,(H,16,20)(H,17,18)/t15-/m0/s1. The van der Waals surface area contributed by atoms with Gasteiger partial charge in [-0.05, 0) is 18.4 Å². The second-order valence-electron chi connectivity index (χ2n) is 5.62. The smallest absolute Gasteiger partial charge is 0.253 e. The first-order valence-electron chi connectivity index (χ1n) is 7.27. The Morgan fingerprint density at radius 2 is 2.50 bits per heavy atom. The summed E-state index contributed by atoms with van der Waals surface area (Å²) in [5, 5.41) is 12.0. The summed E-state index contributed by atoms with van der Waals surface area (Å²) in [7, 11) is 1.64. The number of amides is 1. The van der Waals surface area contributed by atoms with Gasteiger partial charge in [0.05, 0.1) is 23.4 Å². The van der Waals surface area contributed by atoms with Crippen LogP contribution >= 0.6 is 11.3 Å². The van der Waals surface area contributed by atoms with Crippen LogP contribution in [0.1, 0.15) is 12.5 Å². The molecule has 2 aromatic heterocycles. The zero-order valence-corrected chi connectivity index (χ0v) is 13.6. The summed E-state index contributed by atoms with van der Waals surface area (Å²) in [5.74, 6) is -0.0807. The number of carbonyl (C=O) groups excluding carboxylic acids is 1. The molecule has 118 valence electrons. The lowest BCUT2D eigenvalue weighted by Gasteiger charge is -2.39. The average Bonchev–Trinajstić information content (AvgIpc) is 3.17. The number of aromatic nitrogens is 2. The normalized spacial score (nSPS) is 22.6. The number of ether oxygens (including phenoxy) is 1. The van der Waals surface area contributed by atoms with Gasteiger partial charge < -0.3 is 10.1 Å². The van der Waals surface area contributed by atoms with Gasteiger partial charge in [-0.25, -0.2) is 0 Å². The summed E-state index contributed by atoms with van der Waals surface area (Å²) in [5.41, 5.74) is 1.41. The van der Waals surface area contributed by atoms with E-state index >= 15 is 0 Å². The lowest BCUT2D eigenvalue weighted by atomic mass is 10.0. The van der Waals surface area contributed by atoms with Crippen molar-refractivity contribution in [2.45, 2.75) is 19.1 Å². The molecule has 6 nitrogen and oxygen atoms in total. The minimum atomic E-state index is -0.792. The first kappa shape index (κ1) is 15.2. The highest BCUT2D eigenvalue weighted by atomic mass is 32.1. The number of morpholine rings is 1. The van der Waals surface area contributed by atoms with Crippen LogP contribution in [0, 0.1) is 0 Å². The van der Waals surface area contributed by atoms with Crippen LogP contribution in [0.3, 0.4) is 0 Å². The highest BCUT2D eigenvalue weighted by molar-refractivity contribution is 7.13. The first-order chi connectivity index (χ1) is 10.6. The lowest BCUT2D eigenvalue weighted by molar-refractivity contribution is -0.156. The van der Waals surface area contributed by atoms with E-state index in [1.807, 2.05) is 19.2 Å². The molecule has 1 fully saturated rings. The maximum atomic E-state index is 12.0. The predicted octanol–water partition coefficient (Wildman–Crippen LogP) is 1.48. The Kier molecular flexibility index (Phi) is 4.28. The highest BCUT2D eigenvalue weighted by Crippen LogP contribution is 2.28. The van der Waals surface area contributed by atoms with Gasteiger partial charge in [0.1, 0.15) is 0 Å². The fourth-order valence-corrected chi connectivity index (χ4v) is 3.55.